The predicted octanol–water partition coefficient (Wildman–Crippen LogP) is 4.69. The third-order valence-corrected chi connectivity index (χ3v) is 5.63. The second-order valence-electron chi connectivity index (χ2n) is 8.37. The Hall–Kier alpha value is -3.74. The Morgan fingerprint density at radius 2 is 1.61 bits per heavy atom. The molecule has 0 bridgehead atoms. The highest BCUT2D eigenvalue weighted by molar-refractivity contribution is 5.95. The quantitative estimate of drug-likeness (QED) is 0.574. The van der Waals surface area contributed by atoms with Gasteiger partial charge in [0.2, 0.25) is 11.8 Å². The molecule has 2 amide bonds. The zero-order valence-corrected chi connectivity index (χ0v) is 19.9. The van der Waals surface area contributed by atoms with Crippen LogP contribution in [0.15, 0.2) is 47.3 Å². The van der Waals surface area contributed by atoms with Crippen LogP contribution in [0.4, 0.5) is 11.4 Å². The van der Waals surface area contributed by atoms with Crippen LogP contribution in [0.25, 0.3) is 11.3 Å². The van der Waals surface area contributed by atoms with E-state index in [-0.39, 0.29) is 17.4 Å². The molecule has 0 spiro atoms. The third-order valence-electron chi connectivity index (χ3n) is 5.63. The summed E-state index contributed by atoms with van der Waals surface area (Å²) in [4.78, 5) is 37.4. The maximum Gasteiger partial charge on any atom is 0.267 e. The summed E-state index contributed by atoms with van der Waals surface area (Å²) in [5.41, 5.74) is 6.30. The van der Waals surface area contributed by atoms with Crippen molar-refractivity contribution in [2.24, 2.45) is 0 Å². The number of hydrogen-bond donors (Lipinski definition) is 2. The van der Waals surface area contributed by atoms with Gasteiger partial charge in [0.05, 0.1) is 5.69 Å². The van der Waals surface area contributed by atoms with Crippen LogP contribution < -0.4 is 16.2 Å². The predicted molar refractivity (Wildman–Crippen MR) is 132 cm³/mol. The average Bonchev–Trinajstić information content (AvgIpc) is 2.77. The fourth-order valence-electron chi connectivity index (χ4n) is 3.73. The summed E-state index contributed by atoms with van der Waals surface area (Å²) in [6.45, 7) is 11.2. The molecule has 1 aromatic heterocycles. The molecule has 1 heterocycles. The van der Waals surface area contributed by atoms with Crippen molar-refractivity contribution in [3.63, 3.8) is 0 Å². The number of carbonyl (C=O) groups is 2. The molecule has 172 valence electrons. The summed E-state index contributed by atoms with van der Waals surface area (Å²) >= 11 is 0. The number of nitrogens with zero attached hydrogens (tertiary/aromatic N) is 2. The Labute approximate surface area is 193 Å². The molecule has 3 aromatic rings. The molecule has 0 aliphatic heterocycles. The number of aryl methyl sites for hydroxylation is 4. The molecule has 7 nitrogen and oxygen atoms in total. The van der Waals surface area contributed by atoms with Gasteiger partial charge in [-0.25, -0.2) is 4.68 Å². The van der Waals surface area contributed by atoms with E-state index in [2.05, 4.69) is 15.7 Å². The van der Waals surface area contributed by atoms with E-state index in [0.717, 1.165) is 33.5 Å². The number of amides is 2. The van der Waals surface area contributed by atoms with E-state index in [0.29, 0.717) is 17.8 Å². The Bertz CT molecular complexity index is 1250. The molecule has 1 atom stereocenters. The zero-order chi connectivity index (χ0) is 24.3. The smallest absolute Gasteiger partial charge is 0.267 e. The second kappa shape index (κ2) is 9.81. The SMILES string of the molecule is CCC(=O)Nc1cc(-c2ccc(=O)n([C@@H](C)C(=O)Nc3c(C)cc(C)cc3C)n2)ccc1C. The van der Waals surface area contributed by atoms with Crippen molar-refractivity contribution in [2.45, 2.75) is 54.0 Å². The molecule has 33 heavy (non-hydrogen) atoms. The van der Waals surface area contributed by atoms with Gasteiger partial charge in [-0.1, -0.05) is 36.8 Å². The normalized spacial score (nSPS) is 11.7. The van der Waals surface area contributed by atoms with Gasteiger partial charge in [0.15, 0.2) is 0 Å². The number of anilines is 2. The monoisotopic (exact) mass is 446 g/mol. The number of rotatable bonds is 6. The zero-order valence-electron chi connectivity index (χ0n) is 19.9. The Morgan fingerprint density at radius 1 is 0.939 bits per heavy atom. The van der Waals surface area contributed by atoms with Crippen LogP contribution in [-0.4, -0.2) is 21.6 Å². The summed E-state index contributed by atoms with van der Waals surface area (Å²) in [7, 11) is 0. The van der Waals surface area contributed by atoms with Crippen LogP contribution in [-0.2, 0) is 9.59 Å². The summed E-state index contributed by atoms with van der Waals surface area (Å²) in [6, 6.07) is 11.8. The first-order valence-corrected chi connectivity index (χ1v) is 11.0. The highest BCUT2D eigenvalue weighted by Crippen LogP contribution is 2.25. The van der Waals surface area contributed by atoms with E-state index in [9.17, 15) is 14.4 Å². The van der Waals surface area contributed by atoms with Gasteiger partial charge in [-0.15, -0.1) is 0 Å². The number of aromatic nitrogens is 2. The standard InChI is InChI=1S/C26H30N4O3/c1-7-23(31)27-22-14-20(9-8-16(22)3)21-10-11-24(32)30(29-21)19(6)26(33)28-25-17(4)12-15(2)13-18(25)5/h8-14,19H,7H2,1-6H3,(H,27,31)(H,28,33)/t19-/m0/s1. The molecule has 0 aliphatic carbocycles. The molecule has 0 radical (unpaired) electrons. The van der Waals surface area contributed by atoms with Crippen molar-refractivity contribution >= 4 is 23.2 Å². The van der Waals surface area contributed by atoms with Gasteiger partial charge in [0.1, 0.15) is 6.04 Å². The third kappa shape index (κ3) is 5.37. The molecule has 0 saturated heterocycles. The molecule has 0 aliphatic rings. The molecule has 3 rings (SSSR count). The lowest BCUT2D eigenvalue weighted by molar-refractivity contribution is -0.119. The van der Waals surface area contributed by atoms with Gasteiger partial charge in [-0.05, 0) is 63.4 Å². The molecule has 0 saturated carbocycles. The van der Waals surface area contributed by atoms with E-state index in [1.165, 1.54) is 10.7 Å². The highest BCUT2D eigenvalue weighted by Gasteiger charge is 2.20. The van der Waals surface area contributed by atoms with E-state index in [4.69, 9.17) is 0 Å². The fourth-order valence-corrected chi connectivity index (χ4v) is 3.73. The summed E-state index contributed by atoms with van der Waals surface area (Å²) < 4.78 is 1.19. The van der Waals surface area contributed by atoms with Crippen molar-refractivity contribution in [2.75, 3.05) is 10.6 Å². The second-order valence-corrected chi connectivity index (χ2v) is 8.37. The lowest BCUT2D eigenvalue weighted by atomic mass is 10.0. The first-order valence-electron chi connectivity index (χ1n) is 11.0. The summed E-state index contributed by atoms with van der Waals surface area (Å²) in [5, 5.41) is 10.3. The molecule has 7 heteroatoms. The molecule has 0 fully saturated rings. The summed E-state index contributed by atoms with van der Waals surface area (Å²) in [6.07, 6.45) is 0.374. The first-order chi connectivity index (χ1) is 15.6. The maximum absolute atomic E-state index is 13.0. The Kier molecular flexibility index (Phi) is 7.11. The topological polar surface area (TPSA) is 93.1 Å². The van der Waals surface area contributed by atoms with E-state index >= 15 is 0 Å². The van der Waals surface area contributed by atoms with Crippen LogP contribution in [0.2, 0.25) is 0 Å². The molecular formula is C26H30N4O3. The van der Waals surface area contributed by atoms with Gasteiger partial charge in [-0.3, -0.25) is 14.4 Å². The number of benzene rings is 2. The van der Waals surface area contributed by atoms with Crippen molar-refractivity contribution < 1.29 is 9.59 Å². The number of carbonyl (C=O) groups excluding carboxylic acids is 2. The minimum absolute atomic E-state index is 0.0832. The van der Waals surface area contributed by atoms with Gasteiger partial charge in [0.25, 0.3) is 5.56 Å². The van der Waals surface area contributed by atoms with Crippen LogP contribution in [0.5, 0.6) is 0 Å². The van der Waals surface area contributed by atoms with Crippen LogP contribution >= 0.6 is 0 Å². The molecule has 2 N–H and O–H groups in total. The van der Waals surface area contributed by atoms with Crippen LogP contribution in [0.1, 0.15) is 48.6 Å². The largest absolute Gasteiger partial charge is 0.326 e. The van der Waals surface area contributed by atoms with Crippen molar-refractivity contribution in [1.82, 2.24) is 9.78 Å². The Balaban J connectivity index is 1.92. The number of hydrogen-bond acceptors (Lipinski definition) is 4. The van der Waals surface area contributed by atoms with Gasteiger partial charge in [0, 0.05) is 29.4 Å². The van der Waals surface area contributed by atoms with E-state index in [1.807, 2.05) is 58.0 Å². The minimum Gasteiger partial charge on any atom is -0.326 e. The number of nitrogens with one attached hydrogen (secondary N) is 2. The van der Waals surface area contributed by atoms with Crippen LogP contribution in [0, 0.1) is 27.7 Å². The average molecular weight is 447 g/mol. The van der Waals surface area contributed by atoms with Crippen LogP contribution in [0.3, 0.4) is 0 Å². The van der Waals surface area contributed by atoms with Crippen molar-refractivity contribution in [3.05, 3.63) is 75.1 Å². The van der Waals surface area contributed by atoms with Crippen molar-refractivity contribution in [3.8, 4) is 11.3 Å². The van der Waals surface area contributed by atoms with E-state index in [1.54, 1.807) is 19.9 Å². The maximum atomic E-state index is 13.0. The van der Waals surface area contributed by atoms with E-state index < -0.39 is 6.04 Å². The lowest BCUT2D eigenvalue weighted by Gasteiger charge is -2.18. The highest BCUT2D eigenvalue weighted by atomic mass is 16.2. The van der Waals surface area contributed by atoms with Gasteiger partial charge >= 0.3 is 0 Å². The van der Waals surface area contributed by atoms with Gasteiger partial charge < -0.3 is 10.6 Å². The molecular weight excluding hydrogens is 416 g/mol. The van der Waals surface area contributed by atoms with Crippen molar-refractivity contribution in [1.29, 1.82) is 0 Å². The first kappa shape index (κ1) is 23.9. The molecule has 0 unspecified atom stereocenters. The fraction of sp³-hybridized carbons (Fsp3) is 0.308. The lowest BCUT2D eigenvalue weighted by Crippen LogP contribution is -2.33. The Morgan fingerprint density at radius 3 is 2.24 bits per heavy atom. The minimum atomic E-state index is -0.817. The molecule has 2 aromatic carbocycles. The van der Waals surface area contributed by atoms with Gasteiger partial charge in [-0.2, -0.15) is 5.10 Å². The summed E-state index contributed by atoms with van der Waals surface area (Å²) in [5.74, 6) is -0.406.